The first-order chi connectivity index (χ1) is 13.8. The summed E-state index contributed by atoms with van der Waals surface area (Å²) in [6.45, 7) is 3.70. The summed E-state index contributed by atoms with van der Waals surface area (Å²) in [5, 5.41) is 0.00775. The van der Waals surface area contributed by atoms with Gasteiger partial charge in [0, 0.05) is 6.54 Å². The minimum absolute atomic E-state index is 0.00775. The molecule has 1 aliphatic heterocycles. The molecule has 1 aliphatic rings. The van der Waals surface area contributed by atoms with Crippen molar-refractivity contribution in [2.24, 2.45) is 4.40 Å². The predicted octanol–water partition coefficient (Wildman–Crippen LogP) is 3.68. The fourth-order valence-corrected chi connectivity index (χ4v) is 4.70. The van der Waals surface area contributed by atoms with Crippen molar-refractivity contribution in [2.75, 3.05) is 13.7 Å². The van der Waals surface area contributed by atoms with Gasteiger partial charge in [0.2, 0.25) is 0 Å². The zero-order valence-corrected chi connectivity index (χ0v) is 17.0. The molecule has 1 fully saturated rings. The number of hydrogen-bond donors (Lipinski definition) is 0. The topological polar surface area (TPSA) is 76.0 Å². The second-order valence-corrected chi connectivity index (χ2v) is 8.51. The summed E-state index contributed by atoms with van der Waals surface area (Å²) < 4.78 is 47.2. The lowest BCUT2D eigenvalue weighted by Crippen LogP contribution is -2.29. The van der Waals surface area contributed by atoms with Crippen molar-refractivity contribution < 1.29 is 22.3 Å². The van der Waals surface area contributed by atoms with Crippen molar-refractivity contribution in [3.63, 3.8) is 0 Å². The number of methoxy groups -OCH3 is 1. The zero-order valence-electron chi connectivity index (χ0n) is 15.4. The third kappa shape index (κ3) is 4.75. The summed E-state index contributed by atoms with van der Waals surface area (Å²) >= 11 is 0.945. The molecule has 3 rings (SSSR count). The number of amidine groups is 1. The number of thioether (sulfide) groups is 1. The Morgan fingerprint density at radius 3 is 2.62 bits per heavy atom. The molecular weight excluding hydrogens is 415 g/mol. The molecule has 6 nitrogen and oxygen atoms in total. The van der Waals surface area contributed by atoms with Crippen LogP contribution in [-0.4, -0.2) is 38.0 Å². The van der Waals surface area contributed by atoms with E-state index in [-0.39, 0.29) is 22.5 Å². The minimum Gasteiger partial charge on any atom is -0.497 e. The second kappa shape index (κ2) is 8.62. The highest BCUT2D eigenvalue weighted by Gasteiger charge is 2.34. The molecule has 0 bridgehead atoms. The molecule has 2 aromatic carbocycles. The van der Waals surface area contributed by atoms with Gasteiger partial charge in [0.1, 0.15) is 11.6 Å². The number of amides is 1. The summed E-state index contributed by atoms with van der Waals surface area (Å²) in [6, 6.07) is 11.4. The van der Waals surface area contributed by atoms with Crippen LogP contribution < -0.4 is 4.74 Å². The van der Waals surface area contributed by atoms with Gasteiger partial charge in [0.25, 0.3) is 15.9 Å². The van der Waals surface area contributed by atoms with E-state index in [1.165, 1.54) is 11.0 Å². The highest BCUT2D eigenvalue weighted by molar-refractivity contribution is 8.19. The molecule has 0 aliphatic carbocycles. The summed E-state index contributed by atoms with van der Waals surface area (Å²) in [7, 11) is -2.58. The zero-order chi connectivity index (χ0) is 21.0. The fraction of sp³-hybridized carbons (Fsp3) is 0.100. The lowest BCUT2D eigenvalue weighted by Gasteiger charge is -2.12. The van der Waals surface area contributed by atoms with Crippen LogP contribution in [-0.2, 0) is 14.8 Å². The molecule has 0 radical (unpaired) electrons. The van der Waals surface area contributed by atoms with E-state index in [1.54, 1.807) is 37.5 Å². The maximum absolute atomic E-state index is 13.1. The third-order valence-corrected chi connectivity index (χ3v) is 6.30. The first-order valence-corrected chi connectivity index (χ1v) is 10.7. The van der Waals surface area contributed by atoms with Gasteiger partial charge in [-0.05, 0) is 59.8 Å². The summed E-state index contributed by atoms with van der Waals surface area (Å²) in [5.41, 5.74) is 0.724. The van der Waals surface area contributed by atoms with Crippen LogP contribution in [0.25, 0.3) is 6.08 Å². The van der Waals surface area contributed by atoms with Crippen molar-refractivity contribution in [1.82, 2.24) is 4.90 Å². The third-order valence-electron chi connectivity index (χ3n) is 3.90. The summed E-state index contributed by atoms with van der Waals surface area (Å²) in [6.07, 6.45) is 3.12. The molecule has 0 N–H and O–H groups in total. The van der Waals surface area contributed by atoms with Crippen LogP contribution in [0.5, 0.6) is 5.75 Å². The standard InChI is InChI=1S/C20H17FN2O4S2/c1-3-11-23-19(24)18(13-14-5-4-6-16(12-14)27-2)28-20(23)22-29(25,26)17-9-7-15(21)8-10-17/h3-10,12-13H,1,11H2,2H3/b18-13-,22-20?. The Hall–Kier alpha value is -2.91. The highest BCUT2D eigenvalue weighted by Crippen LogP contribution is 2.34. The van der Waals surface area contributed by atoms with E-state index in [2.05, 4.69) is 11.0 Å². The number of benzene rings is 2. The molecule has 0 spiro atoms. The minimum atomic E-state index is -4.12. The number of carbonyl (C=O) groups excluding carboxylic acids is 1. The smallest absolute Gasteiger partial charge is 0.284 e. The van der Waals surface area contributed by atoms with E-state index in [0.29, 0.717) is 10.7 Å². The maximum Gasteiger partial charge on any atom is 0.284 e. The van der Waals surface area contributed by atoms with Crippen LogP contribution >= 0.6 is 11.8 Å². The number of sulfonamides is 1. The van der Waals surface area contributed by atoms with Gasteiger partial charge in [0.15, 0.2) is 5.17 Å². The molecule has 150 valence electrons. The largest absolute Gasteiger partial charge is 0.497 e. The molecular formula is C20H17FN2O4S2. The molecule has 1 saturated heterocycles. The van der Waals surface area contributed by atoms with Crippen molar-refractivity contribution in [2.45, 2.75) is 4.90 Å². The van der Waals surface area contributed by atoms with Gasteiger partial charge in [-0.2, -0.15) is 8.42 Å². The van der Waals surface area contributed by atoms with E-state index < -0.39 is 15.8 Å². The fourth-order valence-electron chi connectivity index (χ4n) is 2.51. The van der Waals surface area contributed by atoms with E-state index in [4.69, 9.17) is 4.74 Å². The lowest BCUT2D eigenvalue weighted by atomic mass is 10.2. The van der Waals surface area contributed by atoms with Crippen molar-refractivity contribution in [3.05, 3.63) is 77.5 Å². The van der Waals surface area contributed by atoms with E-state index in [0.717, 1.165) is 41.6 Å². The van der Waals surface area contributed by atoms with Gasteiger partial charge in [-0.15, -0.1) is 11.0 Å². The SMILES string of the molecule is C=CCN1C(=O)/C(=C/c2cccc(OC)c2)SC1=NS(=O)(=O)c1ccc(F)cc1. The van der Waals surface area contributed by atoms with Crippen molar-refractivity contribution in [3.8, 4) is 5.75 Å². The van der Waals surface area contributed by atoms with Gasteiger partial charge >= 0.3 is 0 Å². The van der Waals surface area contributed by atoms with E-state index in [9.17, 15) is 17.6 Å². The monoisotopic (exact) mass is 432 g/mol. The average Bonchev–Trinajstić information content (AvgIpc) is 2.97. The Labute approximate surface area is 172 Å². The Balaban J connectivity index is 1.98. The normalized spacial score (nSPS) is 17.2. The molecule has 1 heterocycles. The Kier molecular flexibility index (Phi) is 6.19. The average molecular weight is 432 g/mol. The first-order valence-electron chi connectivity index (χ1n) is 8.41. The van der Waals surface area contributed by atoms with Crippen LogP contribution in [0.2, 0.25) is 0 Å². The first kappa shape index (κ1) is 20.8. The van der Waals surface area contributed by atoms with Crippen LogP contribution in [0.4, 0.5) is 4.39 Å². The Bertz CT molecular complexity index is 1110. The number of halogens is 1. The molecule has 2 aromatic rings. The predicted molar refractivity (Wildman–Crippen MR) is 111 cm³/mol. The lowest BCUT2D eigenvalue weighted by molar-refractivity contribution is -0.121. The van der Waals surface area contributed by atoms with Crippen molar-refractivity contribution in [1.29, 1.82) is 0 Å². The van der Waals surface area contributed by atoms with Crippen LogP contribution in [0.1, 0.15) is 5.56 Å². The van der Waals surface area contributed by atoms with E-state index >= 15 is 0 Å². The second-order valence-electron chi connectivity index (χ2n) is 5.89. The van der Waals surface area contributed by atoms with Crippen molar-refractivity contribution >= 4 is 38.9 Å². The van der Waals surface area contributed by atoms with Gasteiger partial charge in [-0.3, -0.25) is 9.69 Å². The molecule has 9 heteroatoms. The number of rotatable bonds is 6. The number of hydrogen-bond acceptors (Lipinski definition) is 5. The number of nitrogens with zero attached hydrogens (tertiary/aromatic N) is 2. The van der Waals surface area contributed by atoms with Crippen LogP contribution in [0.15, 0.2) is 75.4 Å². The van der Waals surface area contributed by atoms with Gasteiger partial charge in [-0.25, -0.2) is 4.39 Å². The molecule has 0 atom stereocenters. The summed E-state index contributed by atoms with van der Waals surface area (Å²) in [5.74, 6) is -0.310. The summed E-state index contributed by atoms with van der Waals surface area (Å²) in [4.78, 5) is 14.1. The molecule has 0 saturated carbocycles. The van der Waals surface area contributed by atoms with E-state index in [1.807, 2.05) is 0 Å². The van der Waals surface area contributed by atoms with Gasteiger partial charge in [-0.1, -0.05) is 18.2 Å². The molecule has 0 aromatic heterocycles. The maximum atomic E-state index is 13.1. The Morgan fingerprint density at radius 2 is 1.97 bits per heavy atom. The quantitative estimate of drug-likeness (QED) is 0.514. The van der Waals surface area contributed by atoms with Gasteiger partial charge < -0.3 is 4.74 Å². The number of carbonyl (C=O) groups is 1. The molecule has 1 amide bonds. The number of ether oxygens (including phenoxy) is 1. The Morgan fingerprint density at radius 1 is 1.24 bits per heavy atom. The van der Waals surface area contributed by atoms with Crippen LogP contribution in [0.3, 0.4) is 0 Å². The highest BCUT2D eigenvalue weighted by atomic mass is 32.2. The van der Waals surface area contributed by atoms with Gasteiger partial charge in [0.05, 0.1) is 16.9 Å². The molecule has 0 unspecified atom stereocenters. The molecule has 29 heavy (non-hydrogen) atoms. The van der Waals surface area contributed by atoms with Crippen LogP contribution in [0, 0.1) is 5.82 Å².